The first-order valence-corrected chi connectivity index (χ1v) is 7.54. The standard InChI is InChI=1S/C15H20ClN3/c1-2-19-14(10-17-11-6-3-4-7-11)18-13-9-5-8-12(16)15(13)19/h5,8-9,11,17H,2-4,6-7,10H2,1H3. The van der Waals surface area contributed by atoms with Crippen molar-refractivity contribution in [1.82, 2.24) is 14.9 Å². The second-order valence-corrected chi connectivity index (χ2v) is 5.65. The molecule has 0 atom stereocenters. The number of nitrogens with zero attached hydrogens (tertiary/aromatic N) is 2. The van der Waals surface area contributed by atoms with Gasteiger partial charge in [0.2, 0.25) is 0 Å². The van der Waals surface area contributed by atoms with Crippen molar-refractivity contribution in [1.29, 1.82) is 0 Å². The molecule has 1 aromatic heterocycles. The normalized spacial score (nSPS) is 16.5. The van der Waals surface area contributed by atoms with Gasteiger partial charge in [0.15, 0.2) is 0 Å². The van der Waals surface area contributed by atoms with Crippen LogP contribution in [0.1, 0.15) is 38.4 Å². The molecule has 1 aliphatic rings. The average molecular weight is 278 g/mol. The highest BCUT2D eigenvalue weighted by molar-refractivity contribution is 6.35. The van der Waals surface area contributed by atoms with Crippen LogP contribution in [-0.4, -0.2) is 15.6 Å². The van der Waals surface area contributed by atoms with Crippen LogP contribution in [0.25, 0.3) is 11.0 Å². The maximum Gasteiger partial charge on any atom is 0.123 e. The number of aryl methyl sites for hydroxylation is 1. The highest BCUT2D eigenvalue weighted by Crippen LogP contribution is 2.25. The van der Waals surface area contributed by atoms with Crippen molar-refractivity contribution in [3.8, 4) is 0 Å². The minimum atomic E-state index is 0.667. The van der Waals surface area contributed by atoms with Gasteiger partial charge in [0.05, 0.1) is 22.6 Å². The Morgan fingerprint density at radius 2 is 2.16 bits per heavy atom. The molecule has 2 aromatic rings. The van der Waals surface area contributed by atoms with Crippen LogP contribution in [0.4, 0.5) is 0 Å². The lowest BCUT2D eigenvalue weighted by molar-refractivity contribution is 0.504. The summed E-state index contributed by atoms with van der Waals surface area (Å²) in [4.78, 5) is 4.72. The number of hydrogen-bond acceptors (Lipinski definition) is 2. The average Bonchev–Trinajstić information content (AvgIpc) is 3.03. The molecule has 1 saturated carbocycles. The molecule has 0 unspecified atom stereocenters. The molecular formula is C15H20ClN3. The Morgan fingerprint density at radius 1 is 1.37 bits per heavy atom. The highest BCUT2D eigenvalue weighted by atomic mass is 35.5. The van der Waals surface area contributed by atoms with Crippen LogP contribution in [0.5, 0.6) is 0 Å². The molecule has 1 heterocycles. The van der Waals surface area contributed by atoms with Gasteiger partial charge in [-0.15, -0.1) is 0 Å². The number of imidazole rings is 1. The number of fused-ring (bicyclic) bond motifs is 1. The van der Waals surface area contributed by atoms with Gasteiger partial charge < -0.3 is 9.88 Å². The molecule has 0 spiro atoms. The molecule has 0 saturated heterocycles. The van der Waals surface area contributed by atoms with E-state index in [1.54, 1.807) is 0 Å². The molecule has 0 radical (unpaired) electrons. The molecule has 0 amide bonds. The zero-order chi connectivity index (χ0) is 13.2. The van der Waals surface area contributed by atoms with E-state index in [1.807, 2.05) is 18.2 Å². The summed E-state index contributed by atoms with van der Waals surface area (Å²) in [7, 11) is 0. The summed E-state index contributed by atoms with van der Waals surface area (Å²) < 4.78 is 2.22. The summed E-state index contributed by atoms with van der Waals surface area (Å²) >= 11 is 6.30. The van der Waals surface area contributed by atoms with Crippen LogP contribution in [0.2, 0.25) is 5.02 Å². The van der Waals surface area contributed by atoms with E-state index < -0.39 is 0 Å². The predicted octanol–water partition coefficient (Wildman–Crippen LogP) is 3.74. The summed E-state index contributed by atoms with van der Waals surface area (Å²) in [6, 6.07) is 6.60. The third-order valence-electron chi connectivity index (χ3n) is 4.02. The van der Waals surface area contributed by atoms with Gasteiger partial charge in [-0.25, -0.2) is 4.98 Å². The van der Waals surface area contributed by atoms with Crippen molar-refractivity contribution in [2.45, 2.75) is 51.7 Å². The lowest BCUT2D eigenvalue weighted by Gasteiger charge is -2.12. The molecule has 3 nitrogen and oxygen atoms in total. The van der Waals surface area contributed by atoms with Gasteiger partial charge in [-0.05, 0) is 31.9 Å². The van der Waals surface area contributed by atoms with Crippen molar-refractivity contribution in [2.75, 3.05) is 0 Å². The molecule has 19 heavy (non-hydrogen) atoms. The Bertz CT molecular complexity index is 570. The number of aromatic nitrogens is 2. The Kier molecular flexibility index (Phi) is 3.76. The quantitative estimate of drug-likeness (QED) is 0.923. The van der Waals surface area contributed by atoms with Crippen molar-refractivity contribution < 1.29 is 0 Å². The maximum absolute atomic E-state index is 6.30. The summed E-state index contributed by atoms with van der Waals surface area (Å²) in [6.07, 6.45) is 5.31. The molecule has 1 aliphatic carbocycles. The van der Waals surface area contributed by atoms with E-state index in [9.17, 15) is 0 Å². The van der Waals surface area contributed by atoms with E-state index in [2.05, 4.69) is 16.8 Å². The first-order valence-electron chi connectivity index (χ1n) is 7.16. The van der Waals surface area contributed by atoms with Gasteiger partial charge in [0, 0.05) is 12.6 Å². The molecule has 0 bridgehead atoms. The lowest BCUT2D eigenvalue weighted by Crippen LogP contribution is -2.26. The number of nitrogens with one attached hydrogen (secondary N) is 1. The second kappa shape index (κ2) is 5.51. The number of hydrogen-bond donors (Lipinski definition) is 1. The molecule has 1 fully saturated rings. The minimum Gasteiger partial charge on any atom is -0.326 e. The van der Waals surface area contributed by atoms with E-state index in [-0.39, 0.29) is 0 Å². The summed E-state index contributed by atoms with van der Waals surface area (Å²) in [5, 5.41) is 4.42. The first-order chi connectivity index (χ1) is 9.29. The van der Waals surface area contributed by atoms with Crippen molar-refractivity contribution in [3.63, 3.8) is 0 Å². The Hall–Kier alpha value is -1.06. The SMILES string of the molecule is CCn1c(CNC2CCCC2)nc2cccc(Cl)c21. The fourth-order valence-corrected chi connectivity index (χ4v) is 3.30. The van der Waals surface area contributed by atoms with Gasteiger partial charge in [-0.3, -0.25) is 0 Å². The van der Waals surface area contributed by atoms with E-state index in [4.69, 9.17) is 16.6 Å². The molecule has 102 valence electrons. The van der Waals surface area contributed by atoms with Crippen molar-refractivity contribution in [2.24, 2.45) is 0 Å². The van der Waals surface area contributed by atoms with Crippen LogP contribution in [-0.2, 0) is 13.1 Å². The fourth-order valence-electron chi connectivity index (χ4n) is 3.03. The van der Waals surface area contributed by atoms with E-state index in [0.29, 0.717) is 6.04 Å². The van der Waals surface area contributed by atoms with Gasteiger partial charge in [0.25, 0.3) is 0 Å². The monoisotopic (exact) mass is 277 g/mol. The maximum atomic E-state index is 6.30. The van der Waals surface area contributed by atoms with Crippen LogP contribution >= 0.6 is 11.6 Å². The number of rotatable bonds is 4. The van der Waals surface area contributed by atoms with Gasteiger partial charge in [0.1, 0.15) is 5.82 Å². The van der Waals surface area contributed by atoms with Gasteiger partial charge >= 0.3 is 0 Å². The highest BCUT2D eigenvalue weighted by Gasteiger charge is 2.16. The summed E-state index contributed by atoms with van der Waals surface area (Å²) in [5.74, 6) is 1.09. The van der Waals surface area contributed by atoms with Gasteiger partial charge in [-0.1, -0.05) is 30.5 Å². The first kappa shape index (κ1) is 12.9. The third-order valence-corrected chi connectivity index (χ3v) is 4.32. The Balaban J connectivity index is 1.87. The van der Waals surface area contributed by atoms with E-state index in [1.165, 1.54) is 25.7 Å². The second-order valence-electron chi connectivity index (χ2n) is 5.24. The van der Waals surface area contributed by atoms with Crippen LogP contribution in [0.3, 0.4) is 0 Å². The zero-order valence-corrected chi connectivity index (χ0v) is 12.1. The summed E-state index contributed by atoms with van der Waals surface area (Å²) in [5.41, 5.74) is 2.06. The smallest absolute Gasteiger partial charge is 0.123 e. The Labute approximate surface area is 119 Å². The number of para-hydroxylation sites is 1. The minimum absolute atomic E-state index is 0.667. The molecule has 4 heteroatoms. The largest absolute Gasteiger partial charge is 0.326 e. The lowest BCUT2D eigenvalue weighted by atomic mass is 10.2. The molecule has 3 rings (SSSR count). The fraction of sp³-hybridized carbons (Fsp3) is 0.533. The molecule has 1 aromatic carbocycles. The van der Waals surface area contributed by atoms with Crippen LogP contribution < -0.4 is 5.32 Å². The zero-order valence-electron chi connectivity index (χ0n) is 11.3. The van der Waals surface area contributed by atoms with Gasteiger partial charge in [-0.2, -0.15) is 0 Å². The molecule has 0 aliphatic heterocycles. The molecule has 1 N–H and O–H groups in total. The molecular weight excluding hydrogens is 258 g/mol. The predicted molar refractivity (Wildman–Crippen MR) is 79.5 cm³/mol. The van der Waals surface area contributed by atoms with Crippen LogP contribution in [0.15, 0.2) is 18.2 Å². The van der Waals surface area contributed by atoms with Crippen molar-refractivity contribution >= 4 is 22.6 Å². The van der Waals surface area contributed by atoms with Crippen LogP contribution in [0, 0.1) is 0 Å². The van der Waals surface area contributed by atoms with E-state index >= 15 is 0 Å². The summed E-state index contributed by atoms with van der Waals surface area (Å²) in [6.45, 7) is 3.88. The number of benzene rings is 1. The Morgan fingerprint density at radius 3 is 2.89 bits per heavy atom. The number of halogens is 1. The van der Waals surface area contributed by atoms with E-state index in [0.717, 1.165) is 35.0 Å². The van der Waals surface area contributed by atoms with Crippen molar-refractivity contribution in [3.05, 3.63) is 29.0 Å². The topological polar surface area (TPSA) is 29.9 Å². The third kappa shape index (κ3) is 2.49.